The molecular weight excluding hydrogens is 348 g/mol. The van der Waals surface area contributed by atoms with Crippen molar-refractivity contribution in [2.75, 3.05) is 7.11 Å². The molecule has 1 aliphatic heterocycles. The number of hydrogen-bond acceptors (Lipinski definition) is 5. The minimum atomic E-state index is -1.04. The number of benzene rings is 2. The highest BCUT2D eigenvalue weighted by Gasteiger charge is 2.34. The van der Waals surface area contributed by atoms with Gasteiger partial charge in [0.1, 0.15) is 11.5 Å². The molecule has 1 aliphatic rings. The predicted molar refractivity (Wildman–Crippen MR) is 98.7 cm³/mol. The molecule has 0 radical (unpaired) electrons. The summed E-state index contributed by atoms with van der Waals surface area (Å²) in [5.74, 6) is -0.701. The summed E-state index contributed by atoms with van der Waals surface area (Å²) < 4.78 is 5.24. The largest absolute Gasteiger partial charge is 0.508 e. The van der Waals surface area contributed by atoms with Gasteiger partial charge in [-0.25, -0.2) is 5.01 Å². The number of aliphatic carboxylic acids is 1. The number of rotatable bonds is 6. The molecule has 7 heteroatoms. The summed E-state index contributed by atoms with van der Waals surface area (Å²) in [7, 11) is 1.57. The van der Waals surface area contributed by atoms with Crippen LogP contribution in [0.3, 0.4) is 0 Å². The average Bonchev–Trinajstić information content (AvgIpc) is 3.11. The Hall–Kier alpha value is -3.35. The maximum atomic E-state index is 12.6. The number of methoxy groups -OCH3 is 1. The van der Waals surface area contributed by atoms with Crippen LogP contribution in [0.25, 0.3) is 0 Å². The normalized spacial score (nSPS) is 16.1. The van der Waals surface area contributed by atoms with E-state index in [1.165, 1.54) is 5.01 Å². The number of hydrazone groups is 1. The molecule has 0 unspecified atom stereocenters. The monoisotopic (exact) mass is 368 g/mol. The predicted octanol–water partition coefficient (Wildman–Crippen LogP) is 2.94. The zero-order valence-electron chi connectivity index (χ0n) is 14.8. The Morgan fingerprint density at radius 2 is 1.96 bits per heavy atom. The molecule has 140 valence electrons. The van der Waals surface area contributed by atoms with Crippen molar-refractivity contribution in [3.05, 3.63) is 59.7 Å². The van der Waals surface area contributed by atoms with Crippen LogP contribution in [-0.2, 0) is 9.59 Å². The molecule has 2 N–H and O–H groups in total. The number of hydrogen-bond donors (Lipinski definition) is 2. The lowest BCUT2D eigenvalue weighted by Gasteiger charge is -2.22. The fourth-order valence-corrected chi connectivity index (χ4v) is 3.06. The van der Waals surface area contributed by atoms with Crippen molar-refractivity contribution in [1.29, 1.82) is 0 Å². The van der Waals surface area contributed by atoms with E-state index in [-0.39, 0.29) is 18.6 Å². The molecule has 7 nitrogen and oxygen atoms in total. The first-order valence-electron chi connectivity index (χ1n) is 8.53. The van der Waals surface area contributed by atoms with Crippen molar-refractivity contribution < 1.29 is 24.5 Å². The lowest BCUT2D eigenvalue weighted by molar-refractivity contribution is -0.141. The Morgan fingerprint density at radius 3 is 2.67 bits per heavy atom. The Balaban J connectivity index is 1.94. The summed E-state index contributed by atoms with van der Waals surface area (Å²) in [5, 5.41) is 24.8. The maximum absolute atomic E-state index is 12.6. The van der Waals surface area contributed by atoms with Crippen molar-refractivity contribution in [3.8, 4) is 11.5 Å². The van der Waals surface area contributed by atoms with Gasteiger partial charge in [-0.1, -0.05) is 30.3 Å². The van der Waals surface area contributed by atoms with Gasteiger partial charge in [-0.05, 0) is 18.2 Å². The van der Waals surface area contributed by atoms with Crippen LogP contribution < -0.4 is 4.74 Å². The van der Waals surface area contributed by atoms with Crippen LogP contribution in [0.4, 0.5) is 0 Å². The van der Waals surface area contributed by atoms with E-state index in [0.29, 0.717) is 23.4 Å². The maximum Gasteiger partial charge on any atom is 0.303 e. The number of carboxylic acids is 1. The lowest BCUT2D eigenvalue weighted by Crippen LogP contribution is -2.27. The number of carboxylic acid groups (broad SMARTS) is 1. The molecule has 1 atom stereocenters. The van der Waals surface area contributed by atoms with E-state index < -0.39 is 17.9 Å². The van der Waals surface area contributed by atoms with Gasteiger partial charge in [-0.3, -0.25) is 9.59 Å². The Bertz CT molecular complexity index is 893. The van der Waals surface area contributed by atoms with Gasteiger partial charge in [-0.2, -0.15) is 5.10 Å². The molecule has 27 heavy (non-hydrogen) atoms. The molecule has 0 aliphatic carbocycles. The smallest absolute Gasteiger partial charge is 0.303 e. The van der Waals surface area contributed by atoms with E-state index in [9.17, 15) is 14.7 Å². The Morgan fingerprint density at radius 1 is 1.19 bits per heavy atom. The molecule has 2 aromatic carbocycles. The highest BCUT2D eigenvalue weighted by Crippen LogP contribution is 2.37. The van der Waals surface area contributed by atoms with Gasteiger partial charge in [0.2, 0.25) is 5.91 Å². The number of phenols is 1. The molecule has 0 bridgehead atoms. The molecule has 2 aromatic rings. The Kier molecular flexibility index (Phi) is 5.40. The first-order valence-corrected chi connectivity index (χ1v) is 8.53. The molecular formula is C20H20N2O5. The van der Waals surface area contributed by atoms with E-state index >= 15 is 0 Å². The number of carbonyl (C=O) groups is 2. The van der Waals surface area contributed by atoms with E-state index in [1.54, 1.807) is 31.4 Å². The van der Waals surface area contributed by atoms with Crippen LogP contribution in [0.5, 0.6) is 11.5 Å². The fourth-order valence-electron chi connectivity index (χ4n) is 3.06. The first-order chi connectivity index (χ1) is 13.0. The van der Waals surface area contributed by atoms with Crippen molar-refractivity contribution in [1.82, 2.24) is 5.01 Å². The van der Waals surface area contributed by atoms with Crippen molar-refractivity contribution >= 4 is 17.6 Å². The third-order valence-electron chi connectivity index (χ3n) is 4.42. The van der Waals surface area contributed by atoms with Crippen LogP contribution in [0.1, 0.15) is 36.4 Å². The van der Waals surface area contributed by atoms with E-state index in [4.69, 9.17) is 9.84 Å². The fraction of sp³-hybridized carbons (Fsp3) is 0.250. The minimum absolute atomic E-state index is 0.0700. The SMILES string of the molecule is COc1cccc(C2=NN(C(=O)CCC(=O)O)[C@@H](c3ccccc3O)C2)c1. The second-order valence-electron chi connectivity index (χ2n) is 6.19. The number of amides is 1. The van der Waals surface area contributed by atoms with Gasteiger partial charge in [0.25, 0.3) is 0 Å². The van der Waals surface area contributed by atoms with Crippen LogP contribution in [0, 0.1) is 0 Å². The van der Waals surface area contributed by atoms with Crippen LogP contribution in [-0.4, -0.2) is 39.9 Å². The zero-order valence-corrected chi connectivity index (χ0v) is 14.8. The topological polar surface area (TPSA) is 99.4 Å². The molecule has 0 fully saturated rings. The lowest BCUT2D eigenvalue weighted by atomic mass is 9.97. The van der Waals surface area contributed by atoms with Gasteiger partial charge < -0.3 is 14.9 Å². The van der Waals surface area contributed by atoms with Crippen molar-refractivity contribution in [3.63, 3.8) is 0 Å². The van der Waals surface area contributed by atoms with Gasteiger partial charge >= 0.3 is 5.97 Å². The summed E-state index contributed by atoms with van der Waals surface area (Å²) in [6.07, 6.45) is -0.0231. The Labute approximate surface area is 156 Å². The summed E-state index contributed by atoms with van der Waals surface area (Å²) in [6.45, 7) is 0. The molecule has 1 amide bonds. The standard InChI is InChI=1S/C20H20N2O5/c1-27-14-6-4-5-13(11-14)16-12-17(15-7-2-3-8-18(15)23)22(21-16)19(24)9-10-20(25)26/h2-8,11,17,23H,9-10,12H2,1H3,(H,25,26)/t17-/m1/s1. The first kappa shape index (κ1) is 18.4. The second-order valence-corrected chi connectivity index (χ2v) is 6.19. The molecule has 0 saturated heterocycles. The second kappa shape index (κ2) is 7.90. The highest BCUT2D eigenvalue weighted by atomic mass is 16.5. The minimum Gasteiger partial charge on any atom is -0.508 e. The highest BCUT2D eigenvalue weighted by molar-refractivity contribution is 6.03. The van der Waals surface area contributed by atoms with E-state index in [1.807, 2.05) is 24.3 Å². The van der Waals surface area contributed by atoms with Crippen molar-refractivity contribution in [2.45, 2.75) is 25.3 Å². The summed E-state index contributed by atoms with van der Waals surface area (Å²) >= 11 is 0. The van der Waals surface area contributed by atoms with Gasteiger partial charge in [0.15, 0.2) is 0 Å². The average molecular weight is 368 g/mol. The van der Waals surface area contributed by atoms with Crippen LogP contribution in [0.15, 0.2) is 53.6 Å². The number of nitrogens with zero attached hydrogens (tertiary/aromatic N) is 2. The molecule has 3 rings (SSSR count). The number of ether oxygens (including phenoxy) is 1. The number of carbonyl (C=O) groups excluding carboxylic acids is 1. The van der Waals surface area contributed by atoms with E-state index in [2.05, 4.69) is 5.10 Å². The number of para-hydroxylation sites is 1. The van der Waals surface area contributed by atoms with Gasteiger partial charge in [-0.15, -0.1) is 0 Å². The van der Waals surface area contributed by atoms with Gasteiger partial charge in [0, 0.05) is 24.0 Å². The van der Waals surface area contributed by atoms with Crippen molar-refractivity contribution in [2.24, 2.45) is 5.10 Å². The zero-order chi connectivity index (χ0) is 19.4. The third kappa shape index (κ3) is 4.08. The molecule has 1 heterocycles. The molecule has 0 saturated carbocycles. The summed E-state index contributed by atoms with van der Waals surface area (Å²) in [5.41, 5.74) is 2.05. The summed E-state index contributed by atoms with van der Waals surface area (Å²) in [4.78, 5) is 23.4. The number of aromatic hydroxyl groups is 1. The van der Waals surface area contributed by atoms with Crippen LogP contribution >= 0.6 is 0 Å². The molecule has 0 spiro atoms. The third-order valence-corrected chi connectivity index (χ3v) is 4.42. The summed E-state index contributed by atoms with van der Waals surface area (Å²) in [6, 6.07) is 13.6. The van der Waals surface area contributed by atoms with Gasteiger partial charge in [0.05, 0.1) is 25.3 Å². The quantitative estimate of drug-likeness (QED) is 0.817. The number of phenolic OH excluding ortho intramolecular Hbond substituents is 1. The molecule has 0 aromatic heterocycles. The van der Waals surface area contributed by atoms with Crippen LogP contribution in [0.2, 0.25) is 0 Å². The van der Waals surface area contributed by atoms with E-state index in [0.717, 1.165) is 5.56 Å².